The number of esters is 1. The molecule has 0 saturated carbocycles. The number of thiazole rings is 1. The van der Waals surface area contributed by atoms with Crippen LogP contribution < -0.4 is 24.4 Å². The van der Waals surface area contributed by atoms with E-state index in [4.69, 9.17) is 14.2 Å². The number of aromatic nitrogens is 1. The second-order valence-electron chi connectivity index (χ2n) is 8.31. The molecule has 188 valence electrons. The van der Waals surface area contributed by atoms with E-state index in [9.17, 15) is 9.59 Å². The van der Waals surface area contributed by atoms with Crippen LogP contribution in [0.2, 0.25) is 0 Å². The predicted molar refractivity (Wildman–Crippen MR) is 146 cm³/mol. The topological polar surface area (TPSA) is 79.1 Å². The van der Waals surface area contributed by atoms with E-state index in [0.717, 1.165) is 14.5 Å². The van der Waals surface area contributed by atoms with Gasteiger partial charge < -0.3 is 14.2 Å². The molecule has 7 nitrogen and oxygen atoms in total. The first-order chi connectivity index (χ1) is 17.1. The maximum absolute atomic E-state index is 13.9. The Kier molecular flexibility index (Phi) is 7.87. The number of benzene rings is 2. The summed E-state index contributed by atoms with van der Waals surface area (Å²) in [5.41, 5.74) is 1.88. The first-order valence-electron chi connectivity index (χ1n) is 11.0. The third-order valence-corrected chi connectivity index (χ3v) is 7.52. The number of hydrogen-bond donors (Lipinski definition) is 0. The average Bonchev–Trinajstić information content (AvgIpc) is 3.12. The Morgan fingerprint density at radius 1 is 1.08 bits per heavy atom. The van der Waals surface area contributed by atoms with Crippen molar-refractivity contribution in [2.45, 2.75) is 32.9 Å². The molecule has 0 bridgehead atoms. The first kappa shape index (κ1) is 26.4. The number of halogens is 2. The molecule has 0 fully saturated rings. The number of carbonyl (C=O) groups excluding carboxylic acids is 1. The summed E-state index contributed by atoms with van der Waals surface area (Å²) in [6.45, 7) is 5.31. The largest absolute Gasteiger partial charge is 0.496 e. The van der Waals surface area contributed by atoms with Gasteiger partial charge in [0.05, 0.1) is 36.1 Å². The molecule has 2 heterocycles. The molecule has 0 saturated heterocycles. The van der Waals surface area contributed by atoms with Crippen molar-refractivity contribution in [2.75, 3.05) is 14.2 Å². The van der Waals surface area contributed by atoms with Crippen LogP contribution in [-0.2, 0) is 9.53 Å². The van der Waals surface area contributed by atoms with E-state index >= 15 is 0 Å². The highest BCUT2D eigenvalue weighted by Crippen LogP contribution is 2.37. The number of rotatable bonds is 6. The standard InChI is InChI=1S/C26H24Br2N2O5S/c1-13(2)35-25(32)22-14(3)29-26-30(23(22)18-12-17(28)7-9-20(18)34-5)24(31)21(36-26)11-15-10-16(27)6-8-19(15)33-4/h6-13,23H,1-5H3/b21-11-/t23-/m0/s1. The van der Waals surface area contributed by atoms with Crippen LogP contribution in [-0.4, -0.2) is 30.9 Å². The summed E-state index contributed by atoms with van der Waals surface area (Å²) in [6, 6.07) is 10.3. The van der Waals surface area contributed by atoms with E-state index in [-0.39, 0.29) is 11.7 Å². The van der Waals surface area contributed by atoms with Gasteiger partial charge in [0.1, 0.15) is 17.5 Å². The molecule has 10 heteroatoms. The molecule has 1 aliphatic rings. The lowest BCUT2D eigenvalue weighted by Gasteiger charge is -2.26. The average molecular weight is 636 g/mol. The van der Waals surface area contributed by atoms with Crippen LogP contribution in [0, 0.1) is 0 Å². The molecule has 0 amide bonds. The lowest BCUT2D eigenvalue weighted by Crippen LogP contribution is -2.40. The van der Waals surface area contributed by atoms with Crippen molar-refractivity contribution in [3.8, 4) is 11.5 Å². The zero-order chi connectivity index (χ0) is 26.1. The number of carbonyl (C=O) groups is 1. The van der Waals surface area contributed by atoms with Crippen molar-refractivity contribution in [1.29, 1.82) is 0 Å². The Balaban J connectivity index is 2.02. The fourth-order valence-corrected chi connectivity index (χ4v) is 5.83. The van der Waals surface area contributed by atoms with E-state index in [1.54, 1.807) is 47.1 Å². The SMILES string of the molecule is COc1ccc(Br)cc1/C=c1\sc2n(c1=O)[C@@H](c1cc(Br)ccc1OC)C(C(=O)OC(C)C)=C(C)N=2. The van der Waals surface area contributed by atoms with E-state index in [1.807, 2.05) is 30.3 Å². The molecule has 0 N–H and O–H groups in total. The smallest absolute Gasteiger partial charge is 0.338 e. The van der Waals surface area contributed by atoms with Crippen LogP contribution in [0.1, 0.15) is 37.9 Å². The van der Waals surface area contributed by atoms with Crippen molar-refractivity contribution in [1.82, 2.24) is 4.57 Å². The monoisotopic (exact) mass is 634 g/mol. The highest BCUT2D eigenvalue weighted by molar-refractivity contribution is 9.10. The zero-order valence-electron chi connectivity index (χ0n) is 20.3. The summed E-state index contributed by atoms with van der Waals surface area (Å²) in [6.07, 6.45) is 1.44. The van der Waals surface area contributed by atoms with E-state index < -0.39 is 12.0 Å². The van der Waals surface area contributed by atoms with Gasteiger partial charge in [0, 0.05) is 20.1 Å². The number of allylic oxidation sites excluding steroid dienone is 1. The predicted octanol–water partition coefficient (Wildman–Crippen LogP) is 4.73. The Bertz CT molecular complexity index is 1560. The molecular weight excluding hydrogens is 612 g/mol. The van der Waals surface area contributed by atoms with Crippen molar-refractivity contribution >= 4 is 55.2 Å². The van der Waals surface area contributed by atoms with Gasteiger partial charge in [-0.1, -0.05) is 43.2 Å². The minimum atomic E-state index is -0.786. The van der Waals surface area contributed by atoms with Gasteiger partial charge in [0.2, 0.25) is 0 Å². The van der Waals surface area contributed by atoms with Crippen LogP contribution in [0.3, 0.4) is 0 Å². The van der Waals surface area contributed by atoms with E-state index in [1.165, 1.54) is 15.9 Å². The summed E-state index contributed by atoms with van der Waals surface area (Å²) >= 11 is 8.24. The van der Waals surface area contributed by atoms with Gasteiger partial charge in [0.15, 0.2) is 4.80 Å². The second kappa shape index (κ2) is 10.7. The minimum Gasteiger partial charge on any atom is -0.496 e. The van der Waals surface area contributed by atoms with Crippen molar-refractivity contribution < 1.29 is 19.0 Å². The normalized spacial score (nSPS) is 15.6. The van der Waals surface area contributed by atoms with Gasteiger partial charge in [-0.05, 0) is 63.2 Å². The molecule has 2 aromatic carbocycles. The fourth-order valence-electron chi connectivity index (χ4n) is 4.03. The van der Waals surface area contributed by atoms with Crippen molar-refractivity contribution in [3.05, 3.63) is 87.4 Å². The third kappa shape index (κ3) is 5.07. The number of methoxy groups -OCH3 is 2. The summed E-state index contributed by atoms with van der Waals surface area (Å²) in [5, 5.41) is 0. The minimum absolute atomic E-state index is 0.282. The fraction of sp³-hybridized carbons (Fsp3) is 0.269. The highest BCUT2D eigenvalue weighted by atomic mass is 79.9. The number of hydrogen-bond acceptors (Lipinski definition) is 7. The molecule has 1 aliphatic heterocycles. The summed E-state index contributed by atoms with van der Waals surface area (Å²) in [5.74, 6) is 0.642. The summed E-state index contributed by atoms with van der Waals surface area (Å²) in [4.78, 5) is 32.3. The zero-order valence-corrected chi connectivity index (χ0v) is 24.3. The van der Waals surface area contributed by atoms with Crippen LogP contribution in [0.4, 0.5) is 0 Å². The molecule has 3 aromatic rings. The van der Waals surface area contributed by atoms with Crippen LogP contribution in [0.25, 0.3) is 6.08 Å². The van der Waals surface area contributed by atoms with Gasteiger partial charge in [-0.2, -0.15) is 0 Å². The maximum Gasteiger partial charge on any atom is 0.338 e. The third-order valence-electron chi connectivity index (χ3n) is 5.55. The molecule has 0 unspecified atom stereocenters. The number of ether oxygens (including phenoxy) is 3. The first-order valence-corrected chi connectivity index (χ1v) is 13.4. The molecule has 1 atom stereocenters. The molecule has 0 spiro atoms. The molecule has 1 aromatic heterocycles. The lowest BCUT2D eigenvalue weighted by atomic mass is 9.95. The van der Waals surface area contributed by atoms with E-state index in [0.29, 0.717) is 37.7 Å². The van der Waals surface area contributed by atoms with Gasteiger partial charge in [-0.15, -0.1) is 0 Å². The Morgan fingerprint density at radius 2 is 1.72 bits per heavy atom. The van der Waals surface area contributed by atoms with Crippen molar-refractivity contribution in [2.24, 2.45) is 4.99 Å². The molecule has 36 heavy (non-hydrogen) atoms. The van der Waals surface area contributed by atoms with Crippen LogP contribution >= 0.6 is 43.2 Å². The van der Waals surface area contributed by atoms with Crippen molar-refractivity contribution in [3.63, 3.8) is 0 Å². The van der Waals surface area contributed by atoms with Gasteiger partial charge >= 0.3 is 5.97 Å². The lowest BCUT2D eigenvalue weighted by molar-refractivity contribution is -0.143. The Labute approximate surface area is 229 Å². The molecule has 0 radical (unpaired) electrons. The number of fused-ring (bicyclic) bond motifs is 1. The molecular formula is C26H24Br2N2O5S. The van der Waals surface area contributed by atoms with Gasteiger partial charge in [-0.25, -0.2) is 9.79 Å². The van der Waals surface area contributed by atoms with Crippen LogP contribution in [0.15, 0.2) is 66.4 Å². The van der Waals surface area contributed by atoms with E-state index in [2.05, 4.69) is 36.9 Å². The van der Waals surface area contributed by atoms with Crippen LogP contribution in [0.5, 0.6) is 11.5 Å². The van der Waals surface area contributed by atoms with Gasteiger partial charge in [0.25, 0.3) is 5.56 Å². The summed E-state index contributed by atoms with van der Waals surface area (Å²) < 4.78 is 20.3. The second-order valence-corrected chi connectivity index (χ2v) is 11.1. The molecule has 4 rings (SSSR count). The maximum atomic E-state index is 13.9. The Hall–Kier alpha value is -2.69. The highest BCUT2D eigenvalue weighted by Gasteiger charge is 2.35. The quantitative estimate of drug-likeness (QED) is 0.366. The summed E-state index contributed by atoms with van der Waals surface area (Å²) in [7, 11) is 3.14. The van der Waals surface area contributed by atoms with Gasteiger partial charge in [-0.3, -0.25) is 9.36 Å². The molecule has 0 aliphatic carbocycles. The Morgan fingerprint density at radius 3 is 2.36 bits per heavy atom. The number of nitrogens with zero attached hydrogens (tertiary/aromatic N) is 2.